The van der Waals surface area contributed by atoms with E-state index in [0.717, 1.165) is 4.47 Å². The summed E-state index contributed by atoms with van der Waals surface area (Å²) in [7, 11) is 0. The summed E-state index contributed by atoms with van der Waals surface area (Å²) >= 11 is 3.25. The highest BCUT2D eigenvalue weighted by atomic mass is 79.9. The average molecular weight is 361 g/mol. The molecule has 0 saturated carbocycles. The van der Waals surface area contributed by atoms with Crippen LogP contribution in [0.5, 0.6) is 0 Å². The SMILES string of the molecule is CC(C)n1cc(Br)cc1C(=O)NCC(F)(F)CN.Cl. The first kappa shape index (κ1) is 18.3. The Hall–Kier alpha value is -0.660. The molecular weight excluding hydrogens is 343 g/mol. The van der Waals surface area contributed by atoms with Crippen LogP contribution in [0.15, 0.2) is 16.7 Å². The largest absolute Gasteiger partial charge is 0.345 e. The summed E-state index contributed by atoms with van der Waals surface area (Å²) < 4.78 is 28.3. The van der Waals surface area contributed by atoms with Crippen molar-refractivity contribution in [1.29, 1.82) is 0 Å². The molecule has 19 heavy (non-hydrogen) atoms. The monoisotopic (exact) mass is 359 g/mol. The standard InChI is InChI=1S/C11H16BrF2N3O.ClH/c1-7(2)17-4-8(12)3-9(17)10(18)16-6-11(13,14)5-15;/h3-4,7H,5-6,15H2,1-2H3,(H,16,18);1H. The number of nitrogens with one attached hydrogen (secondary N) is 1. The number of nitrogens with two attached hydrogens (primary N) is 1. The third kappa shape index (κ3) is 5.08. The Balaban J connectivity index is 0.00000324. The van der Waals surface area contributed by atoms with Crippen LogP contribution in [0.4, 0.5) is 8.78 Å². The zero-order chi connectivity index (χ0) is 13.9. The summed E-state index contributed by atoms with van der Waals surface area (Å²) in [6.07, 6.45) is 1.74. The second-order valence-corrected chi connectivity index (χ2v) is 5.20. The van der Waals surface area contributed by atoms with Crippen LogP contribution < -0.4 is 11.1 Å². The van der Waals surface area contributed by atoms with Crippen molar-refractivity contribution in [3.05, 3.63) is 22.4 Å². The van der Waals surface area contributed by atoms with E-state index in [0.29, 0.717) is 5.69 Å². The molecule has 1 rings (SSSR count). The fraction of sp³-hybridized carbons (Fsp3) is 0.545. The molecule has 0 radical (unpaired) electrons. The summed E-state index contributed by atoms with van der Waals surface area (Å²) in [6, 6.07) is 1.66. The molecule has 0 spiro atoms. The molecule has 1 aromatic rings. The van der Waals surface area contributed by atoms with Gasteiger partial charge in [-0.2, -0.15) is 0 Å². The van der Waals surface area contributed by atoms with Crippen LogP contribution in [-0.4, -0.2) is 29.5 Å². The Labute approximate surface area is 125 Å². The second kappa shape index (κ2) is 7.21. The van der Waals surface area contributed by atoms with Gasteiger partial charge in [0.1, 0.15) is 5.69 Å². The molecule has 1 heterocycles. The number of hydrogen-bond acceptors (Lipinski definition) is 2. The lowest BCUT2D eigenvalue weighted by Gasteiger charge is -2.16. The molecule has 110 valence electrons. The third-order valence-corrected chi connectivity index (χ3v) is 2.84. The van der Waals surface area contributed by atoms with Gasteiger partial charge in [0.05, 0.1) is 13.1 Å². The molecule has 8 heteroatoms. The molecule has 0 fully saturated rings. The molecule has 0 saturated heterocycles. The van der Waals surface area contributed by atoms with Crippen molar-refractivity contribution in [2.24, 2.45) is 5.73 Å². The van der Waals surface area contributed by atoms with Gasteiger partial charge in [-0.1, -0.05) is 0 Å². The number of rotatable bonds is 5. The highest BCUT2D eigenvalue weighted by Gasteiger charge is 2.28. The van der Waals surface area contributed by atoms with Crippen LogP contribution in [0.1, 0.15) is 30.4 Å². The smallest absolute Gasteiger partial charge is 0.277 e. The van der Waals surface area contributed by atoms with Crippen LogP contribution in [0.2, 0.25) is 0 Å². The van der Waals surface area contributed by atoms with Gasteiger partial charge in [-0.05, 0) is 35.8 Å². The van der Waals surface area contributed by atoms with Crippen LogP contribution in [0, 0.1) is 0 Å². The van der Waals surface area contributed by atoms with Gasteiger partial charge in [0.15, 0.2) is 0 Å². The predicted molar refractivity (Wildman–Crippen MR) is 76.1 cm³/mol. The zero-order valence-electron chi connectivity index (χ0n) is 10.6. The van der Waals surface area contributed by atoms with E-state index in [1.165, 1.54) is 0 Å². The minimum atomic E-state index is -3.08. The Bertz CT molecular complexity index is 438. The van der Waals surface area contributed by atoms with E-state index in [-0.39, 0.29) is 18.4 Å². The normalized spacial score (nSPS) is 11.3. The maximum Gasteiger partial charge on any atom is 0.277 e. The minimum absolute atomic E-state index is 0. The molecule has 0 aliphatic heterocycles. The number of carbonyl (C=O) groups excluding carboxylic acids is 1. The highest BCUT2D eigenvalue weighted by molar-refractivity contribution is 9.10. The zero-order valence-corrected chi connectivity index (χ0v) is 13.0. The van der Waals surface area contributed by atoms with Gasteiger partial charge >= 0.3 is 0 Å². The Kier molecular flexibility index (Phi) is 6.96. The Morgan fingerprint density at radius 2 is 2.16 bits per heavy atom. The summed E-state index contributed by atoms with van der Waals surface area (Å²) in [5.74, 6) is -3.62. The topological polar surface area (TPSA) is 60.0 Å². The van der Waals surface area contributed by atoms with E-state index in [1.54, 1.807) is 16.8 Å². The third-order valence-electron chi connectivity index (χ3n) is 2.41. The van der Waals surface area contributed by atoms with E-state index >= 15 is 0 Å². The lowest BCUT2D eigenvalue weighted by molar-refractivity contribution is 0.0117. The van der Waals surface area contributed by atoms with Gasteiger partial charge in [0.25, 0.3) is 11.8 Å². The first-order valence-electron chi connectivity index (χ1n) is 5.50. The lowest BCUT2D eigenvalue weighted by Crippen LogP contribution is -2.42. The molecule has 0 aromatic carbocycles. The number of carbonyl (C=O) groups is 1. The van der Waals surface area contributed by atoms with Crippen molar-refractivity contribution in [3.8, 4) is 0 Å². The average Bonchev–Trinajstić information content (AvgIpc) is 2.68. The number of nitrogens with zero attached hydrogens (tertiary/aromatic N) is 1. The van der Waals surface area contributed by atoms with Crippen LogP contribution >= 0.6 is 28.3 Å². The highest BCUT2D eigenvalue weighted by Crippen LogP contribution is 2.19. The van der Waals surface area contributed by atoms with Crippen molar-refractivity contribution >= 4 is 34.2 Å². The first-order valence-corrected chi connectivity index (χ1v) is 6.29. The van der Waals surface area contributed by atoms with Crippen LogP contribution in [0.25, 0.3) is 0 Å². The fourth-order valence-electron chi connectivity index (χ4n) is 1.43. The van der Waals surface area contributed by atoms with E-state index in [4.69, 9.17) is 5.73 Å². The van der Waals surface area contributed by atoms with E-state index in [9.17, 15) is 13.6 Å². The molecule has 0 bridgehead atoms. The number of hydrogen-bond donors (Lipinski definition) is 2. The van der Waals surface area contributed by atoms with E-state index < -0.39 is 24.9 Å². The molecule has 0 unspecified atom stereocenters. The maximum atomic E-state index is 12.9. The first-order chi connectivity index (χ1) is 8.26. The number of aromatic nitrogens is 1. The van der Waals surface area contributed by atoms with E-state index in [2.05, 4.69) is 21.2 Å². The van der Waals surface area contributed by atoms with Crippen molar-refractivity contribution in [3.63, 3.8) is 0 Å². The Morgan fingerprint density at radius 1 is 1.58 bits per heavy atom. The van der Waals surface area contributed by atoms with Crippen LogP contribution in [0.3, 0.4) is 0 Å². The summed E-state index contributed by atoms with van der Waals surface area (Å²) in [5, 5.41) is 2.19. The molecule has 0 aliphatic carbocycles. The molecule has 1 amide bonds. The van der Waals surface area contributed by atoms with Gasteiger partial charge < -0.3 is 15.6 Å². The molecular formula is C11H17BrClF2N3O. The van der Waals surface area contributed by atoms with Gasteiger partial charge in [0, 0.05) is 16.7 Å². The van der Waals surface area contributed by atoms with Crippen LogP contribution in [-0.2, 0) is 0 Å². The molecule has 0 aliphatic rings. The van der Waals surface area contributed by atoms with Crippen molar-refractivity contribution in [2.45, 2.75) is 25.8 Å². The predicted octanol–water partition coefficient (Wildman–Crippen LogP) is 2.58. The van der Waals surface area contributed by atoms with Crippen molar-refractivity contribution in [1.82, 2.24) is 9.88 Å². The van der Waals surface area contributed by atoms with Crippen molar-refractivity contribution in [2.75, 3.05) is 13.1 Å². The number of amides is 1. The molecule has 1 aromatic heterocycles. The summed E-state index contributed by atoms with van der Waals surface area (Å²) in [6.45, 7) is 2.25. The second-order valence-electron chi connectivity index (χ2n) is 4.29. The number of alkyl halides is 2. The summed E-state index contributed by atoms with van der Waals surface area (Å²) in [4.78, 5) is 11.8. The maximum absolute atomic E-state index is 12.9. The van der Waals surface area contributed by atoms with Gasteiger partial charge in [0.2, 0.25) is 0 Å². The van der Waals surface area contributed by atoms with Crippen molar-refractivity contribution < 1.29 is 13.6 Å². The van der Waals surface area contributed by atoms with E-state index in [1.807, 2.05) is 13.8 Å². The molecule has 3 N–H and O–H groups in total. The van der Waals surface area contributed by atoms with Gasteiger partial charge in [-0.25, -0.2) is 8.78 Å². The quantitative estimate of drug-likeness (QED) is 0.848. The number of halogens is 4. The Morgan fingerprint density at radius 3 is 2.63 bits per heavy atom. The fourth-order valence-corrected chi connectivity index (χ4v) is 1.86. The minimum Gasteiger partial charge on any atom is -0.345 e. The summed E-state index contributed by atoms with van der Waals surface area (Å²) in [5.41, 5.74) is 5.24. The molecule has 4 nitrogen and oxygen atoms in total. The lowest BCUT2D eigenvalue weighted by atomic mass is 10.3. The van der Waals surface area contributed by atoms with Gasteiger partial charge in [-0.3, -0.25) is 4.79 Å². The molecule has 0 atom stereocenters. The van der Waals surface area contributed by atoms with Gasteiger partial charge in [-0.15, -0.1) is 12.4 Å².